The molecular formula is C16H22N4. The van der Waals surface area contributed by atoms with Gasteiger partial charge in [-0.05, 0) is 31.4 Å². The van der Waals surface area contributed by atoms with Crippen molar-refractivity contribution < 1.29 is 0 Å². The summed E-state index contributed by atoms with van der Waals surface area (Å²) in [5.74, 6) is 0. The molecule has 106 valence electrons. The first-order valence-electron chi connectivity index (χ1n) is 7.24. The number of nitrogens with two attached hydrogens (primary N) is 1. The number of nitrogens with zero attached hydrogens (tertiary/aromatic N) is 3. The maximum atomic E-state index is 6.05. The van der Waals surface area contributed by atoms with Crippen LogP contribution in [0.25, 0.3) is 0 Å². The van der Waals surface area contributed by atoms with Crippen LogP contribution in [0.2, 0.25) is 0 Å². The number of hydrogen-bond acceptors (Lipinski definition) is 3. The van der Waals surface area contributed by atoms with Crippen LogP contribution in [0.5, 0.6) is 0 Å². The van der Waals surface area contributed by atoms with Crippen molar-refractivity contribution in [2.24, 2.45) is 12.8 Å². The molecule has 1 unspecified atom stereocenters. The highest BCUT2D eigenvalue weighted by Crippen LogP contribution is 2.34. The van der Waals surface area contributed by atoms with E-state index < -0.39 is 0 Å². The van der Waals surface area contributed by atoms with Crippen LogP contribution >= 0.6 is 0 Å². The molecule has 0 saturated heterocycles. The lowest BCUT2D eigenvalue weighted by Gasteiger charge is -2.37. The zero-order chi connectivity index (χ0) is 14.1. The molecule has 0 spiro atoms. The number of benzene rings is 1. The van der Waals surface area contributed by atoms with Crippen molar-refractivity contribution in [3.63, 3.8) is 0 Å². The van der Waals surface area contributed by atoms with E-state index in [0.717, 1.165) is 13.0 Å². The summed E-state index contributed by atoms with van der Waals surface area (Å²) in [6, 6.07) is 6.94. The average Bonchev–Trinajstić information content (AvgIpc) is 2.86. The second kappa shape index (κ2) is 5.29. The Balaban J connectivity index is 1.98. The maximum Gasteiger partial charge on any atom is 0.0695 e. The van der Waals surface area contributed by atoms with Gasteiger partial charge in [0.15, 0.2) is 0 Å². The van der Waals surface area contributed by atoms with Gasteiger partial charge in [-0.15, -0.1) is 0 Å². The van der Waals surface area contributed by atoms with Gasteiger partial charge in [-0.25, -0.2) is 0 Å². The molecule has 4 heteroatoms. The van der Waals surface area contributed by atoms with Gasteiger partial charge in [0.25, 0.3) is 0 Å². The van der Waals surface area contributed by atoms with Crippen LogP contribution in [-0.4, -0.2) is 22.9 Å². The summed E-state index contributed by atoms with van der Waals surface area (Å²) >= 11 is 0. The summed E-state index contributed by atoms with van der Waals surface area (Å²) in [5.41, 5.74) is 11.4. The third-order valence-corrected chi connectivity index (χ3v) is 4.10. The van der Waals surface area contributed by atoms with Crippen LogP contribution in [0.1, 0.15) is 29.2 Å². The summed E-state index contributed by atoms with van der Waals surface area (Å²) in [4.78, 5) is 2.44. The minimum Gasteiger partial charge on any atom is -0.363 e. The molecular weight excluding hydrogens is 248 g/mol. The lowest BCUT2D eigenvalue weighted by molar-refractivity contribution is 0.587. The van der Waals surface area contributed by atoms with E-state index in [4.69, 9.17) is 5.73 Å². The maximum absolute atomic E-state index is 6.05. The number of fused-ring (bicyclic) bond motifs is 1. The second-order valence-electron chi connectivity index (χ2n) is 5.63. The predicted octanol–water partition coefficient (Wildman–Crippen LogP) is 2.18. The zero-order valence-electron chi connectivity index (χ0n) is 12.2. The smallest absolute Gasteiger partial charge is 0.0695 e. The van der Waals surface area contributed by atoms with Crippen LogP contribution in [-0.2, 0) is 13.5 Å². The van der Waals surface area contributed by atoms with Gasteiger partial charge in [-0.2, -0.15) is 5.10 Å². The fraction of sp³-hybridized carbons (Fsp3) is 0.438. The highest BCUT2D eigenvalue weighted by Gasteiger charge is 2.25. The molecule has 3 rings (SSSR count). The van der Waals surface area contributed by atoms with Gasteiger partial charge >= 0.3 is 0 Å². The number of aryl methyl sites for hydroxylation is 3. The van der Waals surface area contributed by atoms with Crippen molar-refractivity contribution in [1.82, 2.24) is 9.78 Å². The van der Waals surface area contributed by atoms with Crippen molar-refractivity contribution in [2.45, 2.75) is 25.8 Å². The third-order valence-electron chi connectivity index (χ3n) is 4.10. The molecule has 0 amide bonds. The van der Waals surface area contributed by atoms with E-state index in [-0.39, 0.29) is 6.04 Å². The van der Waals surface area contributed by atoms with Gasteiger partial charge in [0.2, 0.25) is 0 Å². The quantitative estimate of drug-likeness (QED) is 0.930. The Kier molecular flexibility index (Phi) is 3.49. The Morgan fingerprint density at radius 1 is 1.40 bits per heavy atom. The molecule has 0 radical (unpaired) electrons. The molecule has 1 atom stereocenters. The van der Waals surface area contributed by atoms with Crippen molar-refractivity contribution in [2.75, 3.05) is 18.0 Å². The summed E-state index contributed by atoms with van der Waals surface area (Å²) in [6.07, 6.45) is 6.35. The molecule has 0 saturated carbocycles. The molecule has 0 aliphatic carbocycles. The monoisotopic (exact) mass is 270 g/mol. The minimum absolute atomic E-state index is 0.213. The van der Waals surface area contributed by atoms with E-state index in [2.05, 4.69) is 41.3 Å². The SMILES string of the molecule is Cc1ccc2c(c1)CCCN2C(CN)c1cnn(C)c1. The molecule has 2 heterocycles. The Morgan fingerprint density at radius 2 is 2.25 bits per heavy atom. The largest absolute Gasteiger partial charge is 0.363 e. The summed E-state index contributed by atoms with van der Waals surface area (Å²) < 4.78 is 1.85. The highest BCUT2D eigenvalue weighted by molar-refractivity contribution is 5.58. The molecule has 1 aliphatic heterocycles. The molecule has 1 aliphatic rings. The first-order chi connectivity index (χ1) is 9.69. The van der Waals surface area contributed by atoms with Gasteiger partial charge < -0.3 is 10.6 Å². The number of hydrogen-bond donors (Lipinski definition) is 1. The molecule has 1 aromatic carbocycles. The van der Waals surface area contributed by atoms with Gasteiger partial charge in [0, 0.05) is 37.6 Å². The summed E-state index contributed by atoms with van der Waals surface area (Å²) in [6.45, 7) is 3.83. The Hall–Kier alpha value is -1.81. The van der Waals surface area contributed by atoms with Gasteiger partial charge in [-0.1, -0.05) is 17.7 Å². The fourth-order valence-corrected chi connectivity index (χ4v) is 3.13. The zero-order valence-corrected chi connectivity index (χ0v) is 12.2. The van der Waals surface area contributed by atoms with E-state index in [1.54, 1.807) is 0 Å². The number of anilines is 1. The van der Waals surface area contributed by atoms with Crippen LogP contribution in [0.4, 0.5) is 5.69 Å². The molecule has 0 fully saturated rings. The molecule has 2 N–H and O–H groups in total. The molecule has 4 nitrogen and oxygen atoms in total. The predicted molar refractivity (Wildman–Crippen MR) is 81.8 cm³/mol. The topological polar surface area (TPSA) is 47.1 Å². The van der Waals surface area contributed by atoms with E-state index in [9.17, 15) is 0 Å². The second-order valence-corrected chi connectivity index (χ2v) is 5.63. The van der Waals surface area contributed by atoms with Gasteiger partial charge in [-0.3, -0.25) is 4.68 Å². The molecule has 1 aromatic heterocycles. The van der Waals surface area contributed by atoms with Crippen molar-refractivity contribution in [3.8, 4) is 0 Å². The van der Waals surface area contributed by atoms with E-state index in [1.165, 1.54) is 28.8 Å². The van der Waals surface area contributed by atoms with Crippen LogP contribution in [0, 0.1) is 6.92 Å². The summed E-state index contributed by atoms with van der Waals surface area (Å²) in [7, 11) is 1.95. The van der Waals surface area contributed by atoms with Crippen molar-refractivity contribution in [1.29, 1.82) is 0 Å². The van der Waals surface area contributed by atoms with E-state index >= 15 is 0 Å². The highest BCUT2D eigenvalue weighted by atomic mass is 15.3. The lowest BCUT2D eigenvalue weighted by Crippen LogP contribution is -2.37. The lowest BCUT2D eigenvalue weighted by atomic mass is 9.96. The third kappa shape index (κ3) is 2.31. The normalized spacial score (nSPS) is 16.1. The Morgan fingerprint density at radius 3 is 2.95 bits per heavy atom. The Bertz CT molecular complexity index is 602. The first-order valence-corrected chi connectivity index (χ1v) is 7.24. The molecule has 2 aromatic rings. The van der Waals surface area contributed by atoms with Crippen molar-refractivity contribution in [3.05, 3.63) is 47.3 Å². The fourth-order valence-electron chi connectivity index (χ4n) is 3.13. The minimum atomic E-state index is 0.213. The van der Waals surface area contributed by atoms with Crippen LogP contribution in [0.3, 0.4) is 0 Å². The Labute approximate surface area is 120 Å². The summed E-state index contributed by atoms with van der Waals surface area (Å²) in [5, 5.41) is 4.28. The van der Waals surface area contributed by atoms with Crippen LogP contribution < -0.4 is 10.6 Å². The first kappa shape index (κ1) is 13.2. The van der Waals surface area contributed by atoms with Gasteiger partial charge in [0.1, 0.15) is 0 Å². The van der Waals surface area contributed by atoms with Gasteiger partial charge in [0.05, 0.1) is 12.2 Å². The van der Waals surface area contributed by atoms with Crippen LogP contribution in [0.15, 0.2) is 30.6 Å². The van der Waals surface area contributed by atoms with E-state index in [0.29, 0.717) is 6.54 Å². The van der Waals surface area contributed by atoms with E-state index in [1.807, 2.05) is 17.9 Å². The van der Waals surface area contributed by atoms with Crippen molar-refractivity contribution >= 4 is 5.69 Å². The standard InChI is InChI=1S/C16H22N4/c1-12-5-6-15-13(8-12)4-3-7-20(15)16(9-17)14-10-18-19(2)11-14/h5-6,8,10-11,16H,3-4,7,9,17H2,1-2H3. The molecule has 20 heavy (non-hydrogen) atoms. The number of rotatable bonds is 3. The average molecular weight is 270 g/mol. The number of aromatic nitrogens is 2. The molecule has 0 bridgehead atoms.